The van der Waals surface area contributed by atoms with Gasteiger partial charge < -0.3 is 10.2 Å². The lowest BCUT2D eigenvalue weighted by Gasteiger charge is -2.35. The smallest absolute Gasteiger partial charge is 0.251 e. The number of rotatable bonds is 6. The molecule has 1 fully saturated rings. The lowest BCUT2D eigenvalue weighted by atomic mass is 10.0. The number of hydrogen-bond donors (Lipinski definition) is 1. The van der Waals surface area contributed by atoms with Crippen LogP contribution in [0.15, 0.2) is 48.5 Å². The number of likely N-dealkylation sites (tertiary alicyclic amines) is 1. The molecule has 0 saturated carbocycles. The molecule has 0 bridgehead atoms. The number of aryl methyl sites for hydroxylation is 1. The van der Waals surface area contributed by atoms with Gasteiger partial charge in [-0.2, -0.15) is 0 Å². The first-order chi connectivity index (χ1) is 13.0. The van der Waals surface area contributed by atoms with Crippen molar-refractivity contribution in [1.29, 1.82) is 0 Å². The van der Waals surface area contributed by atoms with Gasteiger partial charge in [0.2, 0.25) is 0 Å². The maximum absolute atomic E-state index is 12.6. The fraction of sp³-hybridized carbons (Fsp3) is 0.435. The molecule has 0 aromatic heterocycles. The predicted molar refractivity (Wildman–Crippen MR) is 112 cm³/mol. The molecule has 4 heteroatoms. The second-order valence-electron chi connectivity index (χ2n) is 7.68. The third-order valence-corrected chi connectivity index (χ3v) is 5.36. The van der Waals surface area contributed by atoms with Crippen molar-refractivity contribution in [3.63, 3.8) is 0 Å². The van der Waals surface area contributed by atoms with E-state index in [0.29, 0.717) is 6.54 Å². The minimum atomic E-state index is 0.00520. The van der Waals surface area contributed by atoms with Crippen LogP contribution in [0.4, 0.5) is 5.69 Å². The lowest BCUT2D eigenvalue weighted by molar-refractivity contribution is 0.0924. The van der Waals surface area contributed by atoms with Crippen molar-refractivity contribution < 1.29 is 4.79 Å². The summed E-state index contributed by atoms with van der Waals surface area (Å²) in [6.45, 7) is 4.84. The van der Waals surface area contributed by atoms with Gasteiger partial charge in [0.15, 0.2) is 0 Å². The Kier molecular flexibility index (Phi) is 6.51. The topological polar surface area (TPSA) is 35.6 Å². The standard InChI is InChI=1S/C23H31N3O/c1-18-8-7-9-20(16-18)23(27)24-17-22(26-14-5-4-6-15-26)19-10-12-21(13-11-19)25(2)3/h7-13,16,22H,4-6,14-15,17H2,1-3H3,(H,24,27). The molecule has 1 aliphatic rings. The van der Waals surface area contributed by atoms with E-state index in [4.69, 9.17) is 0 Å². The molecule has 2 aromatic rings. The number of amides is 1. The van der Waals surface area contributed by atoms with Gasteiger partial charge in [-0.15, -0.1) is 0 Å². The van der Waals surface area contributed by atoms with Crippen molar-refractivity contribution in [2.24, 2.45) is 0 Å². The molecular formula is C23H31N3O. The molecule has 2 aromatic carbocycles. The van der Waals surface area contributed by atoms with E-state index >= 15 is 0 Å². The highest BCUT2D eigenvalue weighted by atomic mass is 16.1. The molecule has 1 saturated heterocycles. The minimum Gasteiger partial charge on any atom is -0.378 e. The molecule has 0 aliphatic carbocycles. The van der Waals surface area contributed by atoms with Crippen molar-refractivity contribution in [3.8, 4) is 0 Å². The van der Waals surface area contributed by atoms with Gasteiger partial charge in [0.25, 0.3) is 5.91 Å². The number of nitrogens with zero attached hydrogens (tertiary/aromatic N) is 2. The summed E-state index contributed by atoms with van der Waals surface area (Å²) >= 11 is 0. The van der Waals surface area contributed by atoms with Gasteiger partial charge in [0.1, 0.15) is 0 Å². The number of piperidine rings is 1. The van der Waals surface area contributed by atoms with Gasteiger partial charge in [-0.25, -0.2) is 0 Å². The third-order valence-electron chi connectivity index (χ3n) is 5.36. The number of hydrogen-bond acceptors (Lipinski definition) is 3. The second kappa shape index (κ2) is 9.05. The summed E-state index contributed by atoms with van der Waals surface area (Å²) < 4.78 is 0. The Morgan fingerprint density at radius 3 is 2.41 bits per heavy atom. The molecule has 144 valence electrons. The maximum Gasteiger partial charge on any atom is 0.251 e. The normalized spacial score (nSPS) is 16.0. The summed E-state index contributed by atoms with van der Waals surface area (Å²) in [6.07, 6.45) is 3.77. The fourth-order valence-corrected chi connectivity index (χ4v) is 3.76. The number of benzene rings is 2. The third kappa shape index (κ3) is 5.10. The van der Waals surface area contributed by atoms with Crippen LogP contribution in [0.25, 0.3) is 0 Å². The van der Waals surface area contributed by atoms with E-state index in [1.54, 1.807) is 0 Å². The number of anilines is 1. The van der Waals surface area contributed by atoms with Crippen LogP contribution in [0.3, 0.4) is 0 Å². The highest BCUT2D eigenvalue weighted by Crippen LogP contribution is 2.26. The first kappa shape index (κ1) is 19.4. The zero-order valence-corrected chi connectivity index (χ0v) is 16.7. The van der Waals surface area contributed by atoms with Crippen molar-refractivity contribution in [3.05, 3.63) is 65.2 Å². The zero-order valence-electron chi connectivity index (χ0n) is 16.7. The first-order valence-corrected chi connectivity index (χ1v) is 9.91. The minimum absolute atomic E-state index is 0.00520. The molecule has 1 amide bonds. The van der Waals surface area contributed by atoms with Crippen molar-refractivity contribution in [1.82, 2.24) is 10.2 Å². The van der Waals surface area contributed by atoms with Crippen LogP contribution in [0.5, 0.6) is 0 Å². The number of carbonyl (C=O) groups excluding carboxylic acids is 1. The second-order valence-corrected chi connectivity index (χ2v) is 7.68. The largest absolute Gasteiger partial charge is 0.378 e. The molecule has 1 heterocycles. The molecule has 3 rings (SSSR count). The Labute approximate surface area is 163 Å². The molecule has 27 heavy (non-hydrogen) atoms. The molecular weight excluding hydrogens is 334 g/mol. The van der Waals surface area contributed by atoms with Gasteiger partial charge in [0.05, 0.1) is 6.04 Å². The van der Waals surface area contributed by atoms with E-state index in [0.717, 1.165) is 24.2 Å². The quantitative estimate of drug-likeness (QED) is 0.840. The molecule has 4 nitrogen and oxygen atoms in total. The van der Waals surface area contributed by atoms with Gasteiger partial charge in [-0.05, 0) is 62.7 Å². The highest BCUT2D eigenvalue weighted by molar-refractivity contribution is 5.94. The maximum atomic E-state index is 12.6. The number of carbonyl (C=O) groups is 1. The van der Waals surface area contributed by atoms with Gasteiger partial charge in [0, 0.05) is 31.9 Å². The van der Waals surface area contributed by atoms with Crippen LogP contribution in [0.1, 0.15) is 46.8 Å². The van der Waals surface area contributed by atoms with Crippen molar-refractivity contribution in [2.75, 3.05) is 38.6 Å². The van der Waals surface area contributed by atoms with E-state index in [1.807, 2.05) is 31.2 Å². The van der Waals surface area contributed by atoms with Crippen LogP contribution in [-0.4, -0.2) is 44.5 Å². The van der Waals surface area contributed by atoms with E-state index in [2.05, 4.69) is 53.5 Å². The van der Waals surface area contributed by atoms with Crippen molar-refractivity contribution >= 4 is 11.6 Å². The van der Waals surface area contributed by atoms with Crippen LogP contribution in [-0.2, 0) is 0 Å². The summed E-state index contributed by atoms with van der Waals surface area (Å²) in [5, 5.41) is 3.17. The summed E-state index contributed by atoms with van der Waals surface area (Å²) in [5.74, 6) is 0.00520. The summed E-state index contributed by atoms with van der Waals surface area (Å²) in [7, 11) is 4.11. The molecule has 0 spiro atoms. The Morgan fingerprint density at radius 2 is 1.78 bits per heavy atom. The Hall–Kier alpha value is -2.33. The fourth-order valence-electron chi connectivity index (χ4n) is 3.76. The van der Waals surface area contributed by atoms with Gasteiger partial charge in [-0.1, -0.05) is 36.2 Å². The Bertz CT molecular complexity index is 748. The number of nitrogens with one attached hydrogen (secondary N) is 1. The van der Waals surface area contributed by atoms with E-state index in [-0.39, 0.29) is 11.9 Å². The Balaban J connectivity index is 1.74. The van der Waals surface area contributed by atoms with E-state index in [1.165, 1.54) is 30.5 Å². The van der Waals surface area contributed by atoms with Crippen LogP contribution < -0.4 is 10.2 Å². The SMILES string of the molecule is Cc1cccc(C(=O)NCC(c2ccc(N(C)C)cc2)N2CCCCC2)c1. The van der Waals surface area contributed by atoms with Gasteiger partial charge in [-0.3, -0.25) is 9.69 Å². The monoisotopic (exact) mass is 365 g/mol. The summed E-state index contributed by atoms with van der Waals surface area (Å²) in [4.78, 5) is 17.3. The first-order valence-electron chi connectivity index (χ1n) is 9.91. The molecule has 0 radical (unpaired) electrons. The Morgan fingerprint density at radius 1 is 1.07 bits per heavy atom. The highest BCUT2D eigenvalue weighted by Gasteiger charge is 2.23. The zero-order chi connectivity index (χ0) is 19.2. The molecule has 1 unspecified atom stereocenters. The van der Waals surface area contributed by atoms with Gasteiger partial charge >= 0.3 is 0 Å². The lowest BCUT2D eigenvalue weighted by Crippen LogP contribution is -2.40. The van der Waals surface area contributed by atoms with E-state index < -0.39 is 0 Å². The molecule has 1 aliphatic heterocycles. The molecule has 1 atom stereocenters. The predicted octanol–water partition coefficient (Wildman–Crippen LogP) is 4.02. The van der Waals surface area contributed by atoms with Crippen LogP contribution in [0, 0.1) is 6.92 Å². The average Bonchev–Trinajstić information content (AvgIpc) is 2.69. The average molecular weight is 366 g/mol. The summed E-state index contributed by atoms with van der Waals surface area (Å²) in [6, 6.07) is 16.7. The molecule has 1 N–H and O–H groups in total. The van der Waals surface area contributed by atoms with Crippen LogP contribution in [0.2, 0.25) is 0 Å². The summed E-state index contributed by atoms with van der Waals surface area (Å²) in [5.41, 5.74) is 4.30. The van der Waals surface area contributed by atoms with Crippen molar-refractivity contribution in [2.45, 2.75) is 32.2 Å². The van der Waals surface area contributed by atoms with E-state index in [9.17, 15) is 4.79 Å². The van der Waals surface area contributed by atoms with Crippen LogP contribution >= 0.6 is 0 Å².